The Morgan fingerprint density at radius 3 is 2.47 bits per heavy atom. The molecule has 1 aliphatic heterocycles. The first-order valence-corrected chi connectivity index (χ1v) is 10.7. The van der Waals surface area contributed by atoms with Crippen LogP contribution in [0.4, 0.5) is 5.69 Å². The number of nitrogens with one attached hydrogen (secondary N) is 1. The molecule has 0 radical (unpaired) electrons. The monoisotopic (exact) mass is 427 g/mol. The number of nitrogens with zero attached hydrogens (tertiary/aromatic N) is 4. The Balaban J connectivity index is 1.35. The SMILES string of the molecule is COc1ccc(N2CCN(C(=O)c3snc4c(=O)n(C5CC5)c(=O)[nH]c34)CC2)cc1. The summed E-state index contributed by atoms with van der Waals surface area (Å²) in [4.78, 5) is 45.1. The van der Waals surface area contributed by atoms with Gasteiger partial charge in [0.05, 0.1) is 12.6 Å². The van der Waals surface area contributed by atoms with Crippen molar-refractivity contribution in [2.24, 2.45) is 0 Å². The minimum atomic E-state index is -0.464. The number of benzene rings is 1. The van der Waals surface area contributed by atoms with E-state index in [1.165, 1.54) is 4.57 Å². The zero-order valence-electron chi connectivity index (χ0n) is 16.5. The Labute approximate surface area is 175 Å². The molecule has 1 saturated carbocycles. The molecule has 1 N–H and O–H groups in total. The number of fused-ring (bicyclic) bond motifs is 1. The van der Waals surface area contributed by atoms with Crippen molar-refractivity contribution < 1.29 is 9.53 Å². The first-order valence-electron chi connectivity index (χ1n) is 9.89. The third-order valence-corrected chi connectivity index (χ3v) is 6.51. The van der Waals surface area contributed by atoms with Crippen LogP contribution < -0.4 is 20.9 Å². The molecule has 2 aliphatic rings. The summed E-state index contributed by atoms with van der Waals surface area (Å²) in [6, 6.07) is 7.80. The van der Waals surface area contributed by atoms with Crippen LogP contribution in [0.2, 0.25) is 0 Å². The Hall–Kier alpha value is -3.14. The van der Waals surface area contributed by atoms with E-state index in [2.05, 4.69) is 14.3 Å². The molecule has 0 atom stereocenters. The number of H-pyrrole nitrogens is 1. The maximum absolute atomic E-state index is 13.1. The molecule has 3 heterocycles. The number of amides is 1. The zero-order chi connectivity index (χ0) is 20.8. The largest absolute Gasteiger partial charge is 0.497 e. The van der Waals surface area contributed by atoms with E-state index in [-0.39, 0.29) is 23.0 Å². The van der Waals surface area contributed by atoms with Gasteiger partial charge in [-0.3, -0.25) is 14.2 Å². The van der Waals surface area contributed by atoms with Gasteiger partial charge in [-0.25, -0.2) is 4.79 Å². The van der Waals surface area contributed by atoms with Crippen LogP contribution in [-0.4, -0.2) is 58.0 Å². The van der Waals surface area contributed by atoms with Crippen molar-refractivity contribution in [1.82, 2.24) is 18.8 Å². The molecule has 0 spiro atoms. The summed E-state index contributed by atoms with van der Waals surface area (Å²) in [6.07, 6.45) is 1.64. The maximum atomic E-state index is 13.1. The maximum Gasteiger partial charge on any atom is 0.329 e. The lowest BCUT2D eigenvalue weighted by molar-refractivity contribution is 0.0753. The first-order chi connectivity index (χ1) is 14.6. The molecule has 9 nitrogen and oxygen atoms in total. The number of hydrogen-bond donors (Lipinski definition) is 1. The second-order valence-electron chi connectivity index (χ2n) is 7.55. The van der Waals surface area contributed by atoms with Gasteiger partial charge in [0.2, 0.25) is 0 Å². The average molecular weight is 427 g/mol. The van der Waals surface area contributed by atoms with Crippen LogP contribution in [0.5, 0.6) is 5.75 Å². The van der Waals surface area contributed by atoms with E-state index in [4.69, 9.17) is 4.74 Å². The van der Waals surface area contributed by atoms with Crippen molar-refractivity contribution >= 4 is 34.2 Å². The number of methoxy groups -OCH3 is 1. The molecule has 0 bridgehead atoms. The van der Waals surface area contributed by atoms with Gasteiger partial charge in [0, 0.05) is 37.9 Å². The fourth-order valence-electron chi connectivity index (χ4n) is 3.84. The van der Waals surface area contributed by atoms with Gasteiger partial charge in [-0.15, -0.1) is 0 Å². The van der Waals surface area contributed by atoms with Crippen LogP contribution in [0.1, 0.15) is 28.6 Å². The van der Waals surface area contributed by atoms with Crippen LogP contribution in [0.25, 0.3) is 11.0 Å². The predicted octanol–water partition coefficient (Wildman–Crippen LogP) is 1.45. The van der Waals surface area contributed by atoms with Crippen molar-refractivity contribution in [1.29, 1.82) is 0 Å². The van der Waals surface area contributed by atoms with E-state index in [0.29, 0.717) is 31.1 Å². The molecular weight excluding hydrogens is 406 g/mol. The number of carbonyl (C=O) groups is 1. The third-order valence-electron chi connectivity index (χ3n) is 5.67. The number of aromatic nitrogens is 3. The number of hydrogen-bond acceptors (Lipinski definition) is 7. The number of anilines is 1. The van der Waals surface area contributed by atoms with Crippen LogP contribution in [0, 0.1) is 0 Å². The van der Waals surface area contributed by atoms with E-state index in [0.717, 1.165) is 35.8 Å². The molecule has 30 heavy (non-hydrogen) atoms. The fraction of sp³-hybridized carbons (Fsp3) is 0.400. The highest BCUT2D eigenvalue weighted by Crippen LogP contribution is 2.32. The Morgan fingerprint density at radius 1 is 1.13 bits per heavy atom. The van der Waals surface area contributed by atoms with Crippen molar-refractivity contribution in [3.63, 3.8) is 0 Å². The second kappa shape index (κ2) is 7.28. The lowest BCUT2D eigenvalue weighted by Gasteiger charge is -2.36. The summed E-state index contributed by atoms with van der Waals surface area (Å²) in [5, 5.41) is 0. The number of rotatable bonds is 4. The highest BCUT2D eigenvalue weighted by Gasteiger charge is 2.31. The van der Waals surface area contributed by atoms with Crippen LogP contribution in [-0.2, 0) is 0 Å². The van der Waals surface area contributed by atoms with E-state index in [9.17, 15) is 14.4 Å². The summed E-state index contributed by atoms with van der Waals surface area (Å²) >= 11 is 0.977. The van der Waals surface area contributed by atoms with Crippen LogP contribution in [0.15, 0.2) is 33.9 Å². The molecule has 156 valence electrons. The smallest absolute Gasteiger partial charge is 0.329 e. The molecule has 1 saturated heterocycles. The minimum Gasteiger partial charge on any atom is -0.497 e. The van der Waals surface area contributed by atoms with E-state index < -0.39 is 11.2 Å². The summed E-state index contributed by atoms with van der Waals surface area (Å²) < 4.78 is 10.6. The summed E-state index contributed by atoms with van der Waals surface area (Å²) in [5.41, 5.74) is 0.641. The fourth-order valence-corrected chi connectivity index (χ4v) is 4.64. The normalized spacial score (nSPS) is 16.8. The van der Waals surface area contributed by atoms with Crippen molar-refractivity contribution in [2.45, 2.75) is 18.9 Å². The van der Waals surface area contributed by atoms with Crippen LogP contribution >= 0.6 is 11.5 Å². The molecule has 1 amide bonds. The molecule has 2 fully saturated rings. The Bertz CT molecular complexity index is 1220. The first kappa shape index (κ1) is 18.9. The van der Waals surface area contributed by atoms with E-state index in [1.54, 1.807) is 12.0 Å². The predicted molar refractivity (Wildman–Crippen MR) is 114 cm³/mol. The van der Waals surface area contributed by atoms with Gasteiger partial charge in [-0.2, -0.15) is 4.37 Å². The third kappa shape index (κ3) is 3.17. The number of piperazine rings is 1. The number of ether oxygens (including phenoxy) is 1. The van der Waals surface area contributed by atoms with E-state index in [1.807, 2.05) is 24.3 Å². The molecule has 5 rings (SSSR count). The topological polar surface area (TPSA) is 101 Å². The molecule has 3 aromatic rings. The standard InChI is InChI=1S/C20H21N5O4S/c1-29-14-6-4-12(5-7-14)23-8-10-24(11-9-23)19(27)17-15-16(22-30-17)18(26)25(13-2-3-13)20(28)21-15/h4-7,13H,2-3,8-11H2,1H3,(H,21,28). The molecule has 1 aliphatic carbocycles. The molecule has 10 heteroatoms. The van der Waals surface area contributed by atoms with Gasteiger partial charge in [0.15, 0.2) is 5.52 Å². The summed E-state index contributed by atoms with van der Waals surface area (Å²) in [7, 11) is 1.64. The van der Waals surface area contributed by atoms with Gasteiger partial charge in [0.25, 0.3) is 11.5 Å². The van der Waals surface area contributed by atoms with E-state index >= 15 is 0 Å². The van der Waals surface area contributed by atoms with Gasteiger partial charge in [0.1, 0.15) is 10.6 Å². The lowest BCUT2D eigenvalue weighted by Crippen LogP contribution is -2.48. The molecular formula is C20H21N5O4S. The average Bonchev–Trinajstić information content (AvgIpc) is 3.52. The molecule has 2 aromatic heterocycles. The second-order valence-corrected chi connectivity index (χ2v) is 8.32. The van der Waals surface area contributed by atoms with Gasteiger partial charge in [-0.05, 0) is 48.6 Å². The van der Waals surface area contributed by atoms with Gasteiger partial charge >= 0.3 is 5.69 Å². The highest BCUT2D eigenvalue weighted by molar-refractivity contribution is 7.09. The summed E-state index contributed by atoms with van der Waals surface area (Å²) in [6.45, 7) is 2.49. The molecule has 1 aromatic carbocycles. The van der Waals surface area contributed by atoms with Crippen molar-refractivity contribution in [2.75, 3.05) is 38.2 Å². The van der Waals surface area contributed by atoms with Crippen LogP contribution in [0.3, 0.4) is 0 Å². The molecule has 0 unspecified atom stereocenters. The van der Waals surface area contributed by atoms with Crippen molar-refractivity contribution in [3.8, 4) is 5.75 Å². The Morgan fingerprint density at radius 2 is 1.83 bits per heavy atom. The number of aromatic amines is 1. The quantitative estimate of drug-likeness (QED) is 0.677. The minimum absolute atomic E-state index is 0.0440. The zero-order valence-corrected chi connectivity index (χ0v) is 17.3. The Kier molecular flexibility index (Phi) is 4.58. The summed E-state index contributed by atoms with van der Waals surface area (Å²) in [5.74, 6) is 0.607. The van der Waals surface area contributed by atoms with Crippen molar-refractivity contribution in [3.05, 3.63) is 50.0 Å². The van der Waals surface area contributed by atoms with Gasteiger partial charge < -0.3 is 19.5 Å². The van der Waals surface area contributed by atoms with Gasteiger partial charge in [-0.1, -0.05) is 0 Å². The lowest BCUT2D eigenvalue weighted by atomic mass is 10.2. The number of carbonyl (C=O) groups excluding carboxylic acids is 1. The highest BCUT2D eigenvalue weighted by atomic mass is 32.1.